The van der Waals surface area contributed by atoms with E-state index in [-0.39, 0.29) is 17.7 Å². The van der Waals surface area contributed by atoms with Gasteiger partial charge in [0.25, 0.3) is 0 Å². The van der Waals surface area contributed by atoms with Crippen LogP contribution in [0.1, 0.15) is 37.7 Å². The topological polar surface area (TPSA) is 41.6 Å². The van der Waals surface area contributed by atoms with E-state index in [1.54, 1.807) is 12.1 Å². The van der Waals surface area contributed by atoms with Gasteiger partial charge in [0.15, 0.2) is 0 Å². The van der Waals surface area contributed by atoms with Gasteiger partial charge in [-0.2, -0.15) is 0 Å². The van der Waals surface area contributed by atoms with Crippen molar-refractivity contribution < 1.29 is 22.7 Å². The summed E-state index contributed by atoms with van der Waals surface area (Å²) in [6.07, 6.45) is 0.562. The number of amides is 1. The van der Waals surface area contributed by atoms with Crippen molar-refractivity contribution in [1.29, 1.82) is 0 Å². The Morgan fingerprint density at radius 3 is 2.36 bits per heavy atom. The number of piperidine rings is 1. The first-order valence-corrected chi connectivity index (χ1v) is 8.66. The quantitative estimate of drug-likeness (QED) is 0.881. The third-order valence-electron chi connectivity index (χ3n) is 5.17. The van der Waals surface area contributed by atoms with Crippen LogP contribution in [0.15, 0.2) is 24.3 Å². The highest BCUT2D eigenvalue weighted by Gasteiger charge is 2.36. The highest BCUT2D eigenvalue weighted by atomic mass is 19.4. The molecule has 2 aliphatic rings. The standard InChI is InChI=1S/C18H23F3N2O2/c1-23(15-10-13-5-6-14(11-15)22-13)17(24)9-4-12-2-7-16(8-3-12)25-18(19,20)21/h2-3,7-8,13-15,22H,4-6,9-11H2,1H3. The fraction of sp³-hybridized carbons (Fsp3) is 0.611. The minimum Gasteiger partial charge on any atom is -0.406 e. The number of hydrogen-bond acceptors (Lipinski definition) is 3. The maximum absolute atomic E-state index is 12.4. The Hall–Kier alpha value is -1.76. The molecular weight excluding hydrogens is 333 g/mol. The van der Waals surface area contributed by atoms with Gasteiger partial charge < -0.3 is 15.0 Å². The molecule has 0 spiro atoms. The lowest BCUT2D eigenvalue weighted by Gasteiger charge is -2.35. The van der Waals surface area contributed by atoms with Crippen molar-refractivity contribution in [2.75, 3.05) is 7.05 Å². The fourth-order valence-corrected chi connectivity index (χ4v) is 3.83. The van der Waals surface area contributed by atoms with Crippen LogP contribution in [0, 0.1) is 0 Å². The van der Waals surface area contributed by atoms with E-state index in [1.807, 2.05) is 11.9 Å². The van der Waals surface area contributed by atoms with Crippen molar-refractivity contribution in [1.82, 2.24) is 10.2 Å². The van der Waals surface area contributed by atoms with E-state index < -0.39 is 6.36 Å². The van der Waals surface area contributed by atoms with Gasteiger partial charge in [-0.3, -0.25) is 4.79 Å². The summed E-state index contributed by atoms with van der Waals surface area (Å²) < 4.78 is 40.3. The molecule has 7 heteroatoms. The van der Waals surface area contributed by atoms with Crippen LogP contribution in [0.2, 0.25) is 0 Å². The predicted octanol–water partition coefficient (Wildman–Crippen LogP) is 3.26. The molecule has 2 bridgehead atoms. The lowest BCUT2D eigenvalue weighted by molar-refractivity contribution is -0.274. The smallest absolute Gasteiger partial charge is 0.406 e. The Morgan fingerprint density at radius 2 is 1.80 bits per heavy atom. The van der Waals surface area contributed by atoms with E-state index >= 15 is 0 Å². The van der Waals surface area contributed by atoms with E-state index in [1.165, 1.54) is 25.0 Å². The van der Waals surface area contributed by atoms with Gasteiger partial charge in [-0.25, -0.2) is 0 Å². The molecule has 25 heavy (non-hydrogen) atoms. The average Bonchev–Trinajstić information content (AvgIpc) is 2.90. The summed E-state index contributed by atoms with van der Waals surface area (Å²) >= 11 is 0. The summed E-state index contributed by atoms with van der Waals surface area (Å²) in [5.41, 5.74) is 0.821. The largest absolute Gasteiger partial charge is 0.573 e. The normalized spacial score (nSPS) is 25.7. The van der Waals surface area contributed by atoms with E-state index in [4.69, 9.17) is 0 Å². The molecule has 0 radical (unpaired) electrons. The molecule has 138 valence electrons. The number of fused-ring (bicyclic) bond motifs is 2. The van der Waals surface area contributed by atoms with Crippen LogP contribution in [-0.4, -0.2) is 42.3 Å². The zero-order valence-electron chi connectivity index (χ0n) is 14.2. The minimum atomic E-state index is -4.69. The molecule has 0 aromatic heterocycles. The lowest BCUT2D eigenvalue weighted by Crippen LogP contribution is -2.48. The first-order chi connectivity index (χ1) is 11.8. The van der Waals surface area contributed by atoms with Crippen LogP contribution in [-0.2, 0) is 11.2 Å². The molecule has 2 atom stereocenters. The summed E-state index contributed by atoms with van der Waals surface area (Å²) in [5.74, 6) is -0.160. The maximum atomic E-state index is 12.4. The highest BCUT2D eigenvalue weighted by molar-refractivity contribution is 5.76. The summed E-state index contributed by atoms with van der Waals surface area (Å²) in [6, 6.07) is 7.04. The number of nitrogens with one attached hydrogen (secondary N) is 1. The molecule has 0 aliphatic carbocycles. The Bertz CT molecular complexity index is 591. The Labute approximate surface area is 145 Å². The van der Waals surface area contributed by atoms with Gasteiger partial charge in [-0.15, -0.1) is 13.2 Å². The fourth-order valence-electron chi connectivity index (χ4n) is 3.83. The number of ether oxygens (including phenoxy) is 1. The van der Waals surface area contributed by atoms with Gasteiger partial charge in [-0.05, 0) is 49.8 Å². The van der Waals surface area contributed by atoms with Crippen LogP contribution in [0.4, 0.5) is 13.2 Å². The zero-order chi connectivity index (χ0) is 18.0. The number of halogens is 3. The summed E-state index contributed by atoms with van der Waals surface area (Å²) in [6.45, 7) is 0. The van der Waals surface area contributed by atoms with Gasteiger partial charge in [0.1, 0.15) is 5.75 Å². The maximum Gasteiger partial charge on any atom is 0.573 e. The first-order valence-electron chi connectivity index (χ1n) is 8.66. The second-order valence-corrected chi connectivity index (χ2v) is 6.96. The number of benzene rings is 1. The summed E-state index contributed by atoms with van der Waals surface area (Å²) in [4.78, 5) is 14.3. The van der Waals surface area contributed by atoms with Gasteiger partial charge in [0.05, 0.1) is 0 Å². The van der Waals surface area contributed by atoms with E-state index in [0.717, 1.165) is 18.4 Å². The van der Waals surface area contributed by atoms with E-state index in [2.05, 4.69) is 10.1 Å². The number of rotatable bonds is 5. The van der Waals surface area contributed by atoms with E-state index in [0.29, 0.717) is 24.9 Å². The molecule has 2 fully saturated rings. The molecule has 2 aliphatic heterocycles. The number of aryl methyl sites for hydroxylation is 1. The zero-order valence-corrected chi connectivity index (χ0v) is 14.2. The highest BCUT2D eigenvalue weighted by Crippen LogP contribution is 2.29. The van der Waals surface area contributed by atoms with Crippen LogP contribution in [0.3, 0.4) is 0 Å². The number of carbonyl (C=O) groups is 1. The van der Waals surface area contributed by atoms with Crippen LogP contribution in [0.25, 0.3) is 0 Å². The third kappa shape index (κ3) is 4.87. The molecule has 2 heterocycles. The number of carbonyl (C=O) groups excluding carboxylic acids is 1. The Kier molecular flexibility index (Phi) is 5.22. The van der Waals surface area contributed by atoms with Gasteiger partial charge >= 0.3 is 6.36 Å². The van der Waals surface area contributed by atoms with Crippen molar-refractivity contribution in [3.63, 3.8) is 0 Å². The van der Waals surface area contributed by atoms with Crippen molar-refractivity contribution in [3.8, 4) is 5.75 Å². The van der Waals surface area contributed by atoms with Crippen LogP contribution < -0.4 is 10.1 Å². The summed E-state index contributed by atoms with van der Waals surface area (Å²) in [7, 11) is 1.86. The first kappa shape index (κ1) is 18.0. The Balaban J connectivity index is 1.48. The molecule has 2 unspecified atom stereocenters. The predicted molar refractivity (Wildman–Crippen MR) is 87.2 cm³/mol. The molecule has 1 aromatic rings. The second-order valence-electron chi connectivity index (χ2n) is 6.96. The van der Waals surface area contributed by atoms with Gasteiger partial charge in [0.2, 0.25) is 5.91 Å². The van der Waals surface area contributed by atoms with Crippen molar-refractivity contribution in [2.24, 2.45) is 0 Å². The second kappa shape index (κ2) is 7.23. The van der Waals surface area contributed by atoms with Crippen molar-refractivity contribution >= 4 is 5.91 Å². The van der Waals surface area contributed by atoms with Gasteiger partial charge in [0, 0.05) is 31.6 Å². The monoisotopic (exact) mass is 356 g/mol. The molecule has 4 nitrogen and oxygen atoms in total. The van der Waals surface area contributed by atoms with Crippen LogP contribution >= 0.6 is 0 Å². The third-order valence-corrected chi connectivity index (χ3v) is 5.17. The average molecular weight is 356 g/mol. The van der Waals surface area contributed by atoms with E-state index in [9.17, 15) is 18.0 Å². The molecule has 1 amide bonds. The lowest BCUT2D eigenvalue weighted by atomic mass is 9.98. The molecule has 3 rings (SSSR count). The molecule has 1 aromatic carbocycles. The molecule has 2 saturated heterocycles. The summed E-state index contributed by atoms with van der Waals surface area (Å²) in [5, 5.41) is 3.56. The number of nitrogens with zero attached hydrogens (tertiary/aromatic N) is 1. The van der Waals surface area contributed by atoms with Crippen LogP contribution in [0.5, 0.6) is 5.75 Å². The minimum absolute atomic E-state index is 0.0851. The number of alkyl halides is 3. The molecule has 1 N–H and O–H groups in total. The molecule has 0 saturated carbocycles. The van der Waals surface area contributed by atoms with Gasteiger partial charge in [-0.1, -0.05) is 12.1 Å². The number of hydrogen-bond donors (Lipinski definition) is 1. The van der Waals surface area contributed by atoms with Crippen molar-refractivity contribution in [2.45, 2.75) is 63.0 Å². The SMILES string of the molecule is CN(C(=O)CCc1ccc(OC(F)(F)F)cc1)C1CC2CCC(C1)N2. The Morgan fingerprint density at radius 1 is 1.20 bits per heavy atom. The van der Waals surface area contributed by atoms with Crippen molar-refractivity contribution in [3.05, 3.63) is 29.8 Å². The molecular formula is C18H23F3N2O2.